The summed E-state index contributed by atoms with van der Waals surface area (Å²) in [5.74, 6) is 5.80. The lowest BCUT2D eigenvalue weighted by Gasteiger charge is -2.49. The maximum Gasteiger partial charge on any atom is 0.130 e. The normalized spacial score (nSPS) is 22.5. The van der Waals surface area contributed by atoms with Crippen molar-refractivity contribution in [2.24, 2.45) is 5.84 Å². The fraction of sp³-hybridized carbons (Fsp3) is 1.00. The van der Waals surface area contributed by atoms with E-state index >= 15 is 0 Å². The minimum absolute atomic E-state index is 0.0399. The molecule has 0 bridgehead atoms. The van der Waals surface area contributed by atoms with Crippen LogP contribution in [0, 0.1) is 0 Å². The first kappa shape index (κ1) is 9.92. The first-order chi connectivity index (χ1) is 5.36. The summed E-state index contributed by atoms with van der Waals surface area (Å²) < 4.78 is 0.752. The van der Waals surface area contributed by atoms with Gasteiger partial charge in [0.1, 0.15) is 5.66 Å². The van der Waals surface area contributed by atoms with E-state index in [9.17, 15) is 0 Å². The van der Waals surface area contributed by atoms with E-state index in [1.165, 1.54) is 6.42 Å². The van der Waals surface area contributed by atoms with Gasteiger partial charge in [-0.1, -0.05) is 0 Å². The maximum absolute atomic E-state index is 5.80. The van der Waals surface area contributed by atoms with Gasteiger partial charge in [-0.3, -0.25) is 10.4 Å². The standard InChI is InChI=1S/C8H21N4/c1-11(9)8(6-5-7-8)10-12(2,3)4/h10H,5-7,9H2,1-4H3/q+1. The molecule has 0 saturated heterocycles. The molecule has 3 N–H and O–H groups in total. The van der Waals surface area contributed by atoms with Crippen molar-refractivity contribution in [2.45, 2.75) is 24.9 Å². The molecular weight excluding hydrogens is 152 g/mol. The second-order valence-electron chi connectivity index (χ2n) is 4.62. The predicted molar refractivity (Wildman–Crippen MR) is 49.7 cm³/mol. The summed E-state index contributed by atoms with van der Waals surface area (Å²) in [7, 11) is 8.28. The summed E-state index contributed by atoms with van der Waals surface area (Å²) in [6, 6.07) is 0. The van der Waals surface area contributed by atoms with Crippen LogP contribution in [0.15, 0.2) is 0 Å². The zero-order chi connectivity index (χ0) is 9.41. The second kappa shape index (κ2) is 2.96. The molecule has 0 radical (unpaired) electrons. The van der Waals surface area contributed by atoms with E-state index in [1.807, 2.05) is 7.05 Å². The Kier molecular flexibility index (Phi) is 2.45. The van der Waals surface area contributed by atoms with Crippen LogP contribution < -0.4 is 11.3 Å². The molecule has 0 aromatic carbocycles. The van der Waals surface area contributed by atoms with Gasteiger partial charge in [0, 0.05) is 7.05 Å². The monoisotopic (exact) mass is 173 g/mol. The molecular formula is C8H21N4+. The second-order valence-corrected chi connectivity index (χ2v) is 4.62. The molecule has 4 heteroatoms. The van der Waals surface area contributed by atoms with E-state index in [0.717, 1.165) is 17.4 Å². The molecule has 1 aliphatic carbocycles. The van der Waals surface area contributed by atoms with Gasteiger partial charge >= 0.3 is 0 Å². The molecule has 0 spiro atoms. The van der Waals surface area contributed by atoms with E-state index in [0.29, 0.717) is 0 Å². The summed E-state index contributed by atoms with van der Waals surface area (Å²) in [5, 5.41) is 1.81. The summed E-state index contributed by atoms with van der Waals surface area (Å²) >= 11 is 0. The Morgan fingerprint density at radius 2 is 1.83 bits per heavy atom. The number of nitrogens with zero attached hydrogens (tertiary/aromatic N) is 2. The molecule has 4 nitrogen and oxygen atoms in total. The van der Waals surface area contributed by atoms with Crippen molar-refractivity contribution in [1.82, 2.24) is 10.4 Å². The van der Waals surface area contributed by atoms with Gasteiger partial charge in [-0.25, -0.2) is 5.01 Å². The van der Waals surface area contributed by atoms with E-state index in [1.54, 1.807) is 5.01 Å². The van der Waals surface area contributed by atoms with Gasteiger partial charge in [-0.15, -0.1) is 5.43 Å². The largest absolute Gasteiger partial charge is 0.267 e. The summed E-state index contributed by atoms with van der Waals surface area (Å²) in [4.78, 5) is 0. The van der Waals surface area contributed by atoms with Crippen LogP contribution in [-0.2, 0) is 0 Å². The molecule has 12 heavy (non-hydrogen) atoms. The molecule has 72 valence electrons. The van der Waals surface area contributed by atoms with E-state index < -0.39 is 0 Å². The lowest BCUT2D eigenvalue weighted by molar-refractivity contribution is -0.925. The highest BCUT2D eigenvalue weighted by Crippen LogP contribution is 2.33. The number of rotatable bonds is 3. The van der Waals surface area contributed by atoms with Crippen LogP contribution in [0.25, 0.3) is 0 Å². The highest BCUT2D eigenvalue weighted by molar-refractivity contribution is 4.89. The molecule has 0 amide bonds. The smallest absolute Gasteiger partial charge is 0.130 e. The highest BCUT2D eigenvalue weighted by atomic mass is 15.7. The van der Waals surface area contributed by atoms with Gasteiger partial charge in [0.25, 0.3) is 0 Å². The molecule has 1 aliphatic rings. The van der Waals surface area contributed by atoms with Crippen molar-refractivity contribution in [1.29, 1.82) is 0 Å². The molecule has 0 aromatic heterocycles. The predicted octanol–water partition coefficient (Wildman–Crippen LogP) is -0.117. The van der Waals surface area contributed by atoms with Crippen molar-refractivity contribution in [2.75, 3.05) is 28.2 Å². The summed E-state index contributed by atoms with van der Waals surface area (Å²) in [5.41, 5.74) is 3.55. The molecule has 0 unspecified atom stereocenters. The van der Waals surface area contributed by atoms with E-state index in [4.69, 9.17) is 5.84 Å². The van der Waals surface area contributed by atoms with Crippen molar-refractivity contribution >= 4 is 0 Å². The minimum atomic E-state index is 0.0399. The van der Waals surface area contributed by atoms with Crippen LogP contribution >= 0.6 is 0 Å². The molecule has 1 saturated carbocycles. The summed E-state index contributed by atoms with van der Waals surface area (Å²) in [6.45, 7) is 0. The van der Waals surface area contributed by atoms with Crippen LogP contribution in [0.1, 0.15) is 19.3 Å². The van der Waals surface area contributed by atoms with Gasteiger partial charge in [0.15, 0.2) is 0 Å². The van der Waals surface area contributed by atoms with Crippen molar-refractivity contribution in [3.63, 3.8) is 0 Å². The number of hydrazine groups is 1. The quantitative estimate of drug-likeness (QED) is 0.271. The van der Waals surface area contributed by atoms with Gasteiger partial charge in [-0.05, 0) is 19.3 Å². The van der Waals surface area contributed by atoms with Crippen LogP contribution in [0.2, 0.25) is 0 Å². The fourth-order valence-electron chi connectivity index (χ4n) is 1.68. The lowest BCUT2D eigenvalue weighted by atomic mass is 9.85. The Labute approximate surface area is 74.8 Å². The molecule has 1 fully saturated rings. The Hall–Kier alpha value is -0.160. The van der Waals surface area contributed by atoms with Crippen LogP contribution in [0.4, 0.5) is 0 Å². The van der Waals surface area contributed by atoms with E-state index in [-0.39, 0.29) is 5.66 Å². The molecule has 0 aliphatic heterocycles. The molecule has 0 heterocycles. The fourth-order valence-corrected chi connectivity index (χ4v) is 1.68. The lowest BCUT2D eigenvalue weighted by Crippen LogP contribution is -2.71. The highest BCUT2D eigenvalue weighted by Gasteiger charge is 2.43. The van der Waals surface area contributed by atoms with Gasteiger partial charge < -0.3 is 0 Å². The Morgan fingerprint density at radius 1 is 1.33 bits per heavy atom. The maximum atomic E-state index is 5.80. The van der Waals surface area contributed by atoms with Crippen molar-refractivity contribution < 1.29 is 4.59 Å². The number of nitrogens with one attached hydrogen (secondary N) is 1. The SMILES string of the molecule is CN(N)C1(N[N+](C)(C)C)CCC1. The molecule has 0 atom stereocenters. The Morgan fingerprint density at radius 3 is 1.92 bits per heavy atom. The minimum Gasteiger partial charge on any atom is -0.267 e. The van der Waals surface area contributed by atoms with Crippen LogP contribution in [-0.4, -0.2) is 43.5 Å². The number of hydrogen-bond acceptors (Lipinski definition) is 3. The Bertz CT molecular complexity index is 155. The number of hydrogen-bond donors (Lipinski definition) is 2. The first-order valence-corrected chi connectivity index (χ1v) is 4.45. The summed E-state index contributed by atoms with van der Waals surface area (Å²) in [6.07, 6.45) is 3.57. The number of nitrogens with two attached hydrogens (primary N) is 1. The average molecular weight is 173 g/mol. The van der Waals surface area contributed by atoms with Gasteiger partial charge in [0.2, 0.25) is 0 Å². The third kappa shape index (κ3) is 1.95. The van der Waals surface area contributed by atoms with E-state index in [2.05, 4.69) is 26.6 Å². The first-order valence-electron chi connectivity index (χ1n) is 4.45. The molecule has 0 aromatic rings. The van der Waals surface area contributed by atoms with Crippen LogP contribution in [0.5, 0.6) is 0 Å². The van der Waals surface area contributed by atoms with Gasteiger partial charge in [0.05, 0.1) is 21.1 Å². The van der Waals surface area contributed by atoms with Crippen molar-refractivity contribution in [3.8, 4) is 0 Å². The Balaban J connectivity index is 2.57. The third-order valence-electron chi connectivity index (χ3n) is 2.40. The molecule has 1 rings (SSSR count). The zero-order valence-electron chi connectivity index (χ0n) is 8.59. The van der Waals surface area contributed by atoms with Gasteiger partial charge in [-0.2, -0.15) is 0 Å². The van der Waals surface area contributed by atoms with Crippen LogP contribution in [0.3, 0.4) is 0 Å². The van der Waals surface area contributed by atoms with Crippen molar-refractivity contribution in [3.05, 3.63) is 0 Å². The average Bonchev–Trinajstić information content (AvgIpc) is 1.75. The third-order valence-corrected chi connectivity index (χ3v) is 2.40. The topological polar surface area (TPSA) is 41.3 Å². The zero-order valence-corrected chi connectivity index (χ0v) is 8.59. The number of quaternary nitrogens is 1.